The Morgan fingerprint density at radius 1 is 1.10 bits per heavy atom. The number of para-hydroxylation sites is 1. The minimum atomic E-state index is -2.72. The first-order valence-electron chi connectivity index (χ1n) is 9.51. The highest BCUT2D eigenvalue weighted by Gasteiger charge is 2.30. The molecule has 0 fully saturated rings. The van der Waals surface area contributed by atoms with Crippen LogP contribution in [-0.2, 0) is 6.42 Å². The van der Waals surface area contributed by atoms with Crippen LogP contribution < -0.4 is 10.6 Å². The Hall–Kier alpha value is -3.32. The summed E-state index contributed by atoms with van der Waals surface area (Å²) in [5, 5.41) is 0.548. The molecular formula is C23H17F2N3OS. The number of nitrogens with zero attached hydrogens (tertiary/aromatic N) is 2. The molecule has 0 atom stereocenters. The minimum absolute atomic E-state index is 0.224. The molecule has 0 saturated carbocycles. The molecule has 0 aliphatic carbocycles. The highest BCUT2D eigenvalue weighted by atomic mass is 32.1. The van der Waals surface area contributed by atoms with Gasteiger partial charge in [-0.25, -0.2) is 13.8 Å². The summed E-state index contributed by atoms with van der Waals surface area (Å²) in [5.74, 6) is -0.224. The second-order valence-corrected chi connectivity index (χ2v) is 8.12. The molecular weight excluding hydrogens is 404 g/mol. The minimum Gasteiger partial charge on any atom is -0.397 e. The van der Waals surface area contributed by atoms with Crippen LogP contribution in [0.15, 0.2) is 60.7 Å². The van der Waals surface area contributed by atoms with Gasteiger partial charge in [-0.3, -0.25) is 4.79 Å². The molecule has 0 spiro atoms. The van der Waals surface area contributed by atoms with E-state index in [2.05, 4.69) is 4.98 Å². The topological polar surface area (TPSA) is 59.2 Å². The number of nitrogens with two attached hydrogens (primary N) is 1. The lowest BCUT2D eigenvalue weighted by atomic mass is 10.0. The fraction of sp³-hybridized carbons (Fsp3) is 0.130. The van der Waals surface area contributed by atoms with E-state index >= 15 is 0 Å². The third-order valence-electron chi connectivity index (χ3n) is 5.35. The summed E-state index contributed by atoms with van der Waals surface area (Å²) >= 11 is 1.07. The maximum Gasteiger partial charge on any atom is 0.280 e. The standard InChI is InChI=1S/C23H17F2N3OS/c24-21(25)16-12-15(13-6-2-1-3-7-13)18-19(26)20(30-22(18)27-16)23(29)28-11-10-14-8-4-5-9-17(14)28/h1-9,12,21H,10-11,26H2. The molecule has 4 aromatic rings. The van der Waals surface area contributed by atoms with Crippen molar-refractivity contribution in [3.8, 4) is 11.1 Å². The van der Waals surface area contributed by atoms with Gasteiger partial charge in [0.15, 0.2) is 0 Å². The number of benzene rings is 2. The van der Waals surface area contributed by atoms with Crippen molar-refractivity contribution in [1.82, 2.24) is 4.98 Å². The van der Waals surface area contributed by atoms with Crippen LogP contribution >= 0.6 is 11.3 Å². The van der Waals surface area contributed by atoms with Gasteiger partial charge in [-0.1, -0.05) is 48.5 Å². The van der Waals surface area contributed by atoms with Crippen molar-refractivity contribution in [2.45, 2.75) is 12.8 Å². The first kappa shape index (κ1) is 18.7. The Bertz CT molecular complexity index is 1270. The predicted octanol–water partition coefficient (Wildman–Crippen LogP) is 5.69. The van der Waals surface area contributed by atoms with Gasteiger partial charge in [0.2, 0.25) is 0 Å². The summed E-state index contributed by atoms with van der Waals surface area (Å²) in [6.07, 6.45) is -1.94. The second kappa shape index (κ2) is 7.18. The molecule has 1 amide bonds. The normalized spacial score (nSPS) is 13.2. The molecule has 1 aliphatic rings. The number of hydrogen-bond donors (Lipinski definition) is 1. The van der Waals surface area contributed by atoms with E-state index in [1.807, 2.05) is 54.6 Å². The number of pyridine rings is 1. The zero-order valence-electron chi connectivity index (χ0n) is 15.8. The van der Waals surface area contributed by atoms with E-state index in [1.165, 1.54) is 6.07 Å². The number of alkyl halides is 2. The number of nitrogen functional groups attached to an aromatic ring is 1. The Labute approximate surface area is 175 Å². The fourth-order valence-corrected chi connectivity index (χ4v) is 5.00. The van der Waals surface area contributed by atoms with Crippen molar-refractivity contribution in [2.75, 3.05) is 17.2 Å². The highest BCUT2D eigenvalue weighted by Crippen LogP contribution is 2.42. The number of thiophene rings is 1. The molecule has 4 nitrogen and oxygen atoms in total. The third kappa shape index (κ3) is 2.93. The molecule has 150 valence electrons. The molecule has 0 unspecified atom stereocenters. The van der Waals surface area contributed by atoms with Crippen LogP contribution in [0.1, 0.15) is 27.4 Å². The zero-order valence-corrected chi connectivity index (χ0v) is 16.6. The van der Waals surface area contributed by atoms with Crippen molar-refractivity contribution in [2.24, 2.45) is 0 Å². The molecule has 2 N–H and O–H groups in total. The van der Waals surface area contributed by atoms with Crippen molar-refractivity contribution in [3.63, 3.8) is 0 Å². The second-order valence-electron chi connectivity index (χ2n) is 7.12. The SMILES string of the molecule is Nc1c(C(=O)N2CCc3ccccc32)sc2nc(C(F)F)cc(-c3ccccc3)c12. The molecule has 0 radical (unpaired) electrons. The molecule has 0 bridgehead atoms. The van der Waals surface area contributed by atoms with Crippen LogP contribution in [0.4, 0.5) is 20.2 Å². The number of halogens is 2. The van der Waals surface area contributed by atoms with E-state index < -0.39 is 6.43 Å². The van der Waals surface area contributed by atoms with Crippen molar-refractivity contribution < 1.29 is 13.6 Å². The van der Waals surface area contributed by atoms with E-state index in [4.69, 9.17) is 5.73 Å². The Morgan fingerprint density at radius 3 is 2.60 bits per heavy atom. The first-order chi connectivity index (χ1) is 14.5. The zero-order chi connectivity index (χ0) is 20.8. The number of carbonyl (C=O) groups excluding carboxylic acids is 1. The summed E-state index contributed by atoms with van der Waals surface area (Å²) in [6.45, 7) is 0.563. The van der Waals surface area contributed by atoms with E-state index in [9.17, 15) is 13.6 Å². The number of fused-ring (bicyclic) bond motifs is 2. The average molecular weight is 421 g/mol. The monoisotopic (exact) mass is 421 g/mol. The smallest absolute Gasteiger partial charge is 0.280 e. The van der Waals surface area contributed by atoms with Gasteiger partial charge in [-0.2, -0.15) is 0 Å². The summed E-state index contributed by atoms with van der Waals surface area (Å²) < 4.78 is 27.0. The van der Waals surface area contributed by atoms with E-state index in [1.54, 1.807) is 4.90 Å². The van der Waals surface area contributed by atoms with Crippen LogP contribution in [0, 0.1) is 0 Å². The summed E-state index contributed by atoms with van der Waals surface area (Å²) in [6, 6.07) is 18.3. The Kier molecular flexibility index (Phi) is 4.47. The van der Waals surface area contributed by atoms with Gasteiger partial charge >= 0.3 is 0 Å². The van der Waals surface area contributed by atoms with Gasteiger partial charge in [0.1, 0.15) is 15.4 Å². The number of hydrogen-bond acceptors (Lipinski definition) is 4. The molecule has 3 heterocycles. The lowest BCUT2D eigenvalue weighted by molar-refractivity contribution is 0.0994. The number of aromatic nitrogens is 1. The summed E-state index contributed by atoms with van der Waals surface area (Å²) in [5.41, 5.74) is 9.67. The number of amides is 1. The Morgan fingerprint density at radius 2 is 1.83 bits per heavy atom. The van der Waals surface area contributed by atoms with E-state index in [-0.39, 0.29) is 17.3 Å². The quantitative estimate of drug-likeness (QED) is 0.463. The van der Waals surface area contributed by atoms with Crippen LogP contribution in [0.25, 0.3) is 21.3 Å². The van der Waals surface area contributed by atoms with Gasteiger partial charge in [-0.05, 0) is 35.2 Å². The molecule has 2 aromatic heterocycles. The third-order valence-corrected chi connectivity index (χ3v) is 6.44. The maximum atomic E-state index is 13.5. The maximum absolute atomic E-state index is 13.5. The average Bonchev–Trinajstić information content (AvgIpc) is 3.35. The van der Waals surface area contributed by atoms with Crippen molar-refractivity contribution in [1.29, 1.82) is 0 Å². The van der Waals surface area contributed by atoms with Gasteiger partial charge in [0.25, 0.3) is 12.3 Å². The van der Waals surface area contributed by atoms with Crippen molar-refractivity contribution >= 4 is 38.8 Å². The fourth-order valence-electron chi connectivity index (χ4n) is 3.93. The number of carbonyl (C=O) groups is 1. The summed E-state index contributed by atoms with van der Waals surface area (Å²) in [4.78, 5) is 19.8. The first-order valence-corrected chi connectivity index (χ1v) is 10.3. The van der Waals surface area contributed by atoms with Crippen molar-refractivity contribution in [3.05, 3.63) is 76.8 Å². The molecule has 30 heavy (non-hydrogen) atoms. The van der Waals surface area contributed by atoms with Crippen LogP contribution in [0.2, 0.25) is 0 Å². The van der Waals surface area contributed by atoms with Gasteiger partial charge < -0.3 is 10.6 Å². The number of rotatable bonds is 3. The van der Waals surface area contributed by atoms with E-state index in [0.29, 0.717) is 27.2 Å². The molecule has 5 rings (SSSR count). The molecule has 2 aromatic carbocycles. The molecule has 0 saturated heterocycles. The van der Waals surface area contributed by atoms with Crippen LogP contribution in [0.5, 0.6) is 0 Å². The van der Waals surface area contributed by atoms with E-state index in [0.717, 1.165) is 34.6 Å². The summed E-state index contributed by atoms with van der Waals surface area (Å²) in [7, 11) is 0. The molecule has 1 aliphatic heterocycles. The van der Waals surface area contributed by atoms with Crippen LogP contribution in [0.3, 0.4) is 0 Å². The molecule has 7 heteroatoms. The predicted molar refractivity (Wildman–Crippen MR) is 116 cm³/mol. The highest BCUT2D eigenvalue weighted by molar-refractivity contribution is 7.21. The van der Waals surface area contributed by atoms with Crippen LogP contribution in [-0.4, -0.2) is 17.4 Å². The lowest BCUT2D eigenvalue weighted by Gasteiger charge is -2.16. The van der Waals surface area contributed by atoms with Gasteiger partial charge in [-0.15, -0.1) is 11.3 Å². The largest absolute Gasteiger partial charge is 0.397 e. The number of anilines is 2. The Balaban J connectivity index is 1.68. The lowest BCUT2D eigenvalue weighted by Crippen LogP contribution is -2.28. The van der Waals surface area contributed by atoms with Gasteiger partial charge in [0.05, 0.1) is 5.69 Å². The van der Waals surface area contributed by atoms with Gasteiger partial charge in [0, 0.05) is 17.6 Å².